The van der Waals surface area contributed by atoms with E-state index >= 15 is 0 Å². The summed E-state index contributed by atoms with van der Waals surface area (Å²) in [6.45, 7) is 2.23. The number of nitrogens with one attached hydrogen (secondary N) is 1. The van der Waals surface area contributed by atoms with E-state index in [1.807, 2.05) is 48.3 Å². The lowest BCUT2D eigenvalue weighted by Gasteiger charge is -2.45. The van der Waals surface area contributed by atoms with Crippen LogP contribution in [0, 0.1) is 0 Å². The fraction of sp³-hybridized carbons (Fsp3) is 0.364. The van der Waals surface area contributed by atoms with Crippen molar-refractivity contribution in [2.45, 2.75) is 19.0 Å². The molecule has 2 heterocycles. The Morgan fingerprint density at radius 2 is 1.68 bits per heavy atom. The number of hydrogen-bond donors (Lipinski definition) is 1. The number of carbonyl (C=O) groups excluding carboxylic acids is 2. The highest BCUT2D eigenvalue weighted by Gasteiger charge is 2.38. The van der Waals surface area contributed by atoms with E-state index in [-0.39, 0.29) is 24.5 Å². The van der Waals surface area contributed by atoms with E-state index in [4.69, 9.17) is 0 Å². The quantitative estimate of drug-likeness (QED) is 0.889. The Morgan fingerprint density at radius 3 is 2.39 bits per heavy atom. The number of amides is 2. The molecule has 0 spiro atoms. The fourth-order valence-electron chi connectivity index (χ4n) is 4.28. The molecule has 2 aromatic rings. The summed E-state index contributed by atoms with van der Waals surface area (Å²) in [5.41, 5.74) is 3.63. The van der Waals surface area contributed by atoms with Crippen molar-refractivity contribution < 1.29 is 9.59 Å². The molecule has 2 aliphatic heterocycles. The van der Waals surface area contributed by atoms with Gasteiger partial charge in [-0.3, -0.25) is 9.59 Å². The molecular formula is C22H26N4O2. The Kier molecular flexibility index (Phi) is 4.94. The summed E-state index contributed by atoms with van der Waals surface area (Å²) in [5, 5.41) is 2.72. The molecule has 0 radical (unpaired) electrons. The normalized spacial score (nSPS) is 19.0. The molecule has 1 fully saturated rings. The van der Waals surface area contributed by atoms with Gasteiger partial charge < -0.3 is 20.0 Å². The van der Waals surface area contributed by atoms with Gasteiger partial charge in [0.25, 0.3) is 5.91 Å². The summed E-state index contributed by atoms with van der Waals surface area (Å²) in [4.78, 5) is 31.6. The molecule has 1 unspecified atom stereocenters. The van der Waals surface area contributed by atoms with E-state index < -0.39 is 0 Å². The average Bonchev–Trinajstić information content (AvgIpc) is 3.27. The molecule has 1 saturated heterocycles. The molecule has 0 aromatic heterocycles. The lowest BCUT2D eigenvalue weighted by Crippen LogP contribution is -2.50. The highest BCUT2D eigenvalue weighted by atomic mass is 16.2. The maximum Gasteiger partial charge on any atom is 0.257 e. The number of hydrogen-bond acceptors (Lipinski definition) is 4. The van der Waals surface area contributed by atoms with Gasteiger partial charge in [0.1, 0.15) is 6.17 Å². The Morgan fingerprint density at radius 1 is 1.04 bits per heavy atom. The Labute approximate surface area is 165 Å². The van der Waals surface area contributed by atoms with Gasteiger partial charge in [-0.05, 0) is 31.0 Å². The maximum absolute atomic E-state index is 13.1. The molecule has 0 saturated carbocycles. The molecule has 4 rings (SSSR count). The van der Waals surface area contributed by atoms with Crippen LogP contribution < -0.4 is 15.1 Å². The van der Waals surface area contributed by atoms with Crippen LogP contribution in [0.4, 0.5) is 11.4 Å². The van der Waals surface area contributed by atoms with Crippen molar-refractivity contribution in [1.29, 1.82) is 0 Å². The second-order valence-corrected chi connectivity index (χ2v) is 7.36. The van der Waals surface area contributed by atoms with Crippen LogP contribution in [0.1, 0.15) is 34.9 Å². The van der Waals surface area contributed by atoms with Crippen molar-refractivity contribution in [1.82, 2.24) is 10.2 Å². The summed E-state index contributed by atoms with van der Waals surface area (Å²) in [6, 6.07) is 15.8. The van der Waals surface area contributed by atoms with Crippen LogP contribution in [-0.4, -0.2) is 50.4 Å². The molecular weight excluding hydrogens is 352 g/mol. The van der Waals surface area contributed by atoms with E-state index in [9.17, 15) is 9.59 Å². The second kappa shape index (κ2) is 7.54. The number of carbonyl (C=O) groups is 2. The molecule has 28 heavy (non-hydrogen) atoms. The van der Waals surface area contributed by atoms with Gasteiger partial charge in [-0.1, -0.05) is 30.3 Å². The summed E-state index contributed by atoms with van der Waals surface area (Å²) in [6.07, 6.45) is 2.02. The summed E-state index contributed by atoms with van der Waals surface area (Å²) in [5.74, 6) is -0.105. The van der Waals surface area contributed by atoms with Crippen LogP contribution in [0.3, 0.4) is 0 Å². The highest BCUT2D eigenvalue weighted by Crippen LogP contribution is 2.41. The van der Waals surface area contributed by atoms with Crippen LogP contribution in [0.5, 0.6) is 0 Å². The number of anilines is 2. The zero-order valence-corrected chi connectivity index (χ0v) is 16.4. The minimum Gasteiger partial charge on any atom is -0.371 e. The van der Waals surface area contributed by atoms with Gasteiger partial charge in [0.05, 0.1) is 17.8 Å². The lowest BCUT2D eigenvalue weighted by molar-refractivity contribution is -0.119. The topological polar surface area (TPSA) is 55.9 Å². The van der Waals surface area contributed by atoms with Gasteiger partial charge >= 0.3 is 0 Å². The van der Waals surface area contributed by atoms with Crippen molar-refractivity contribution in [2.24, 2.45) is 0 Å². The first-order valence-electron chi connectivity index (χ1n) is 9.79. The standard InChI is InChI=1S/C22H26N4O2/c1-23-20(27)15-26-19-12-6-4-10-17(19)22(28)24(2)21(26)16-9-3-5-11-18(16)25-13-7-8-14-25/h3-6,9-12,21H,7-8,13-15H2,1-2H3,(H,23,27). The zero-order valence-electron chi connectivity index (χ0n) is 16.4. The largest absolute Gasteiger partial charge is 0.371 e. The highest BCUT2D eigenvalue weighted by molar-refractivity contribution is 6.03. The Hall–Kier alpha value is -3.02. The molecule has 6 nitrogen and oxygen atoms in total. The maximum atomic E-state index is 13.1. The monoisotopic (exact) mass is 378 g/mol. The van der Waals surface area contributed by atoms with Crippen molar-refractivity contribution in [3.05, 3.63) is 59.7 Å². The lowest BCUT2D eigenvalue weighted by atomic mass is 10.00. The number of fused-ring (bicyclic) bond motifs is 1. The number of benzene rings is 2. The summed E-state index contributed by atoms with van der Waals surface area (Å²) in [7, 11) is 3.46. The van der Waals surface area contributed by atoms with Crippen LogP contribution in [0.25, 0.3) is 0 Å². The molecule has 2 aliphatic rings. The van der Waals surface area contributed by atoms with Gasteiger partial charge in [-0.2, -0.15) is 0 Å². The van der Waals surface area contributed by atoms with Crippen molar-refractivity contribution in [3.63, 3.8) is 0 Å². The summed E-state index contributed by atoms with van der Waals surface area (Å²) >= 11 is 0. The molecule has 2 amide bonds. The number of nitrogens with zero attached hydrogens (tertiary/aromatic N) is 3. The zero-order chi connectivity index (χ0) is 19.7. The van der Waals surface area contributed by atoms with Crippen LogP contribution in [-0.2, 0) is 4.79 Å². The van der Waals surface area contributed by atoms with Gasteiger partial charge in [0.15, 0.2) is 0 Å². The fourth-order valence-corrected chi connectivity index (χ4v) is 4.28. The Balaban J connectivity index is 1.84. The van der Waals surface area contributed by atoms with Gasteiger partial charge in [-0.25, -0.2) is 0 Å². The minimum atomic E-state index is -0.337. The Bertz CT molecular complexity index is 892. The first kappa shape index (κ1) is 18.3. The van der Waals surface area contributed by atoms with Crippen molar-refractivity contribution >= 4 is 23.2 Å². The number of rotatable bonds is 4. The van der Waals surface area contributed by atoms with E-state index in [0.29, 0.717) is 5.56 Å². The molecule has 6 heteroatoms. The molecule has 2 aromatic carbocycles. The van der Waals surface area contributed by atoms with E-state index in [0.717, 1.165) is 30.0 Å². The summed E-state index contributed by atoms with van der Waals surface area (Å²) < 4.78 is 0. The van der Waals surface area contributed by atoms with Gasteiger partial charge in [0.2, 0.25) is 5.91 Å². The van der Waals surface area contributed by atoms with Crippen molar-refractivity contribution in [3.8, 4) is 0 Å². The SMILES string of the molecule is CNC(=O)CN1c2ccccc2C(=O)N(C)C1c1ccccc1N1CCCC1. The van der Waals surface area contributed by atoms with Gasteiger partial charge in [0, 0.05) is 38.4 Å². The molecule has 0 aliphatic carbocycles. The third-order valence-electron chi connectivity index (χ3n) is 5.68. The number of para-hydroxylation sites is 2. The third kappa shape index (κ3) is 3.09. The molecule has 146 valence electrons. The minimum absolute atomic E-state index is 0.0232. The van der Waals surface area contributed by atoms with Crippen LogP contribution in [0.15, 0.2) is 48.5 Å². The number of likely N-dealkylation sites (N-methyl/N-ethyl adjacent to an activating group) is 1. The third-order valence-corrected chi connectivity index (χ3v) is 5.68. The van der Waals surface area contributed by atoms with E-state index in [1.165, 1.54) is 12.8 Å². The van der Waals surface area contributed by atoms with Crippen LogP contribution in [0.2, 0.25) is 0 Å². The molecule has 1 atom stereocenters. The van der Waals surface area contributed by atoms with Crippen LogP contribution >= 0.6 is 0 Å². The predicted molar refractivity (Wildman–Crippen MR) is 111 cm³/mol. The predicted octanol–water partition coefficient (Wildman–Crippen LogP) is 2.62. The van der Waals surface area contributed by atoms with Gasteiger partial charge in [-0.15, -0.1) is 0 Å². The smallest absolute Gasteiger partial charge is 0.257 e. The first-order chi connectivity index (χ1) is 13.6. The first-order valence-corrected chi connectivity index (χ1v) is 9.79. The van der Waals surface area contributed by atoms with E-state index in [2.05, 4.69) is 22.3 Å². The molecule has 1 N–H and O–H groups in total. The molecule has 0 bridgehead atoms. The average molecular weight is 378 g/mol. The second-order valence-electron chi connectivity index (χ2n) is 7.36. The van der Waals surface area contributed by atoms with E-state index in [1.54, 1.807) is 11.9 Å². The van der Waals surface area contributed by atoms with Crippen molar-refractivity contribution in [2.75, 3.05) is 43.5 Å².